The Kier molecular flexibility index (Phi) is 33.2. The molecule has 0 saturated carbocycles. The topological polar surface area (TPSA) is 111 Å². The van der Waals surface area contributed by atoms with Crippen LogP contribution in [0.15, 0.2) is 243 Å². The van der Waals surface area contributed by atoms with E-state index in [1.807, 2.05) is 0 Å². The average molecular weight is 1140 g/mol. The molecule has 1 fully saturated rings. The van der Waals surface area contributed by atoms with Gasteiger partial charge in [-0.05, 0) is 124 Å². The number of nitrogens with zero attached hydrogens (tertiary/aromatic N) is 6. The Bertz CT molecular complexity index is 2270. The van der Waals surface area contributed by atoms with E-state index in [0.29, 0.717) is 0 Å². The molecule has 0 aromatic heterocycles. The van der Waals surface area contributed by atoms with Crippen molar-refractivity contribution in [1.82, 2.24) is 0 Å². The molecule has 12 heteroatoms. The number of benzene rings is 8. The van der Waals surface area contributed by atoms with Crippen LogP contribution < -0.4 is 31.0 Å². The third-order valence-corrected chi connectivity index (χ3v) is 23.3. The summed E-state index contributed by atoms with van der Waals surface area (Å²) in [7, 11) is -2.11. The zero-order chi connectivity index (χ0) is 52.1. The van der Waals surface area contributed by atoms with Crippen LogP contribution in [0, 0.1) is 21.6 Å². The molecule has 0 amide bonds. The van der Waals surface area contributed by atoms with Crippen molar-refractivity contribution in [1.29, 1.82) is 21.6 Å². The maximum Gasteiger partial charge on any atom is 0.134 e. The number of ether oxygens (including phenoxy) is 1. The Morgan fingerprint density at radius 1 is 0.351 bits per heavy atom. The van der Waals surface area contributed by atoms with Crippen molar-refractivity contribution in [2.75, 3.05) is 73.6 Å². The van der Waals surface area contributed by atoms with E-state index in [0.717, 1.165) is 25.8 Å². The van der Waals surface area contributed by atoms with Crippen molar-refractivity contribution in [2.24, 2.45) is 0 Å². The van der Waals surface area contributed by atoms with Gasteiger partial charge in [-0.2, -0.15) is 0 Å². The monoisotopic (exact) mass is 1140 g/mol. The predicted molar refractivity (Wildman–Crippen MR) is 327 cm³/mol. The van der Waals surface area contributed by atoms with Crippen LogP contribution in [0.4, 0.5) is 22.7 Å². The quantitative estimate of drug-likeness (QED) is 0.0507. The molecule has 8 aromatic carbocycles. The van der Waals surface area contributed by atoms with Crippen molar-refractivity contribution in [3.8, 4) is 0 Å². The molecule has 1 heterocycles. The Hall–Kier alpha value is -5.43. The first kappa shape index (κ1) is 62.9. The average Bonchev–Trinajstić information content (AvgIpc) is 4.10. The normalized spacial score (nSPS) is 11.0. The Morgan fingerprint density at radius 2 is 0.568 bits per heavy atom. The summed E-state index contributed by atoms with van der Waals surface area (Å²) in [5.74, 6) is 0. The predicted octanol–water partition coefficient (Wildman–Crippen LogP) is 14.9. The van der Waals surface area contributed by atoms with Crippen LogP contribution in [0.3, 0.4) is 0 Å². The zero-order valence-corrected chi connectivity index (χ0v) is 49.7. The molecular formula is C62H76MoN6OP4+4. The van der Waals surface area contributed by atoms with E-state index in [4.69, 9.17) is 26.3 Å². The third kappa shape index (κ3) is 22.6. The van der Waals surface area contributed by atoms with Crippen LogP contribution in [-0.2, 0) is 25.8 Å². The number of hydrogen-bond acceptors (Lipinski definition) is 7. The second-order valence-corrected chi connectivity index (χ2v) is 28.1. The number of anilines is 4. The van der Waals surface area contributed by atoms with Gasteiger partial charge in [-0.15, -0.1) is 0 Å². The fourth-order valence-electron chi connectivity index (χ4n) is 8.30. The summed E-state index contributed by atoms with van der Waals surface area (Å²) >= 11 is 0. The molecule has 1 aliphatic heterocycles. The van der Waals surface area contributed by atoms with Gasteiger partial charge in [0, 0.05) is 94.4 Å². The smallest absolute Gasteiger partial charge is 0.134 e. The molecule has 7 nitrogen and oxygen atoms in total. The Morgan fingerprint density at radius 3 is 0.770 bits per heavy atom. The fourth-order valence-corrected chi connectivity index (χ4v) is 17.8. The van der Waals surface area contributed by atoms with Crippen molar-refractivity contribution in [3.05, 3.63) is 243 Å². The summed E-state index contributed by atoms with van der Waals surface area (Å²) in [6.45, 7) is 11.5. The van der Waals surface area contributed by atoms with E-state index in [1.165, 1.54) is 81.5 Å². The Balaban J connectivity index is 0.000000309. The minimum atomic E-state index is -0.768. The van der Waals surface area contributed by atoms with E-state index in [1.54, 1.807) is 0 Å². The molecule has 0 unspecified atom stereocenters. The minimum absolute atomic E-state index is 0. The molecule has 1 saturated heterocycles. The summed E-state index contributed by atoms with van der Waals surface area (Å²) in [5, 5.41) is 29.9. The zero-order valence-electron chi connectivity index (χ0n) is 43.7. The van der Waals surface area contributed by atoms with Crippen LogP contribution in [-0.4, -0.2) is 63.8 Å². The SMILES string of the molecule is C1CCOC1.CC[PH+](CC)CC[PH+](CN(c1ccccc1)c1ccccc1)CN(c1ccccc1)c1ccccc1.C[PH+](c1ccccc1)c1ccccc1.C[PH+](c1ccccc1)c1ccccc1.N#N.N#N.[Mo]. The number of rotatable bonds is 17. The summed E-state index contributed by atoms with van der Waals surface area (Å²) in [6.07, 6.45) is 10.3. The molecule has 0 aliphatic carbocycles. The molecule has 74 heavy (non-hydrogen) atoms. The van der Waals surface area contributed by atoms with Gasteiger partial charge in [0.2, 0.25) is 0 Å². The molecular weight excluding hydrogens is 1060 g/mol. The molecule has 0 radical (unpaired) electrons. The van der Waals surface area contributed by atoms with Crippen LogP contribution in [0.5, 0.6) is 0 Å². The van der Waals surface area contributed by atoms with Crippen molar-refractivity contribution in [2.45, 2.75) is 26.7 Å². The fraction of sp³-hybridized carbons (Fsp3) is 0.226. The third-order valence-electron chi connectivity index (χ3n) is 12.5. The first-order chi connectivity index (χ1) is 36.0. The van der Waals surface area contributed by atoms with Gasteiger partial charge in [-0.25, -0.2) is 0 Å². The van der Waals surface area contributed by atoms with Crippen LogP contribution in [0.2, 0.25) is 0 Å². The minimum Gasteiger partial charge on any atom is -0.381 e. The maximum absolute atomic E-state index is 6.00. The molecule has 0 atom stereocenters. The van der Waals surface area contributed by atoms with Crippen LogP contribution >= 0.6 is 31.7 Å². The summed E-state index contributed by atoms with van der Waals surface area (Å²) in [4.78, 5) is 5.12. The molecule has 0 bridgehead atoms. The number of hydrogen-bond donors (Lipinski definition) is 0. The molecule has 1 aliphatic rings. The standard InChI is InChI=1S/C32H38N2P2.2C13H13P.C4H8O.Mo.2N2/c1-3-35(4-2)25-26-36(27-33(29-17-9-5-10-18-29)30-19-11-6-12-20-30)28-34(31-21-13-7-14-22-31)32-23-15-8-16-24-32;2*1-14(12-8-4-2-5-9-12)13-10-6-3-7-11-13;1-2-4-5-3-1;;2*1-2/h5-24H,3-4,25-28H2,1-2H3;2*2-11H,1H3;1-4H2;;;/p+4. The van der Waals surface area contributed by atoms with Crippen molar-refractivity contribution in [3.63, 3.8) is 0 Å². The van der Waals surface area contributed by atoms with E-state index in [9.17, 15) is 0 Å². The second kappa shape index (κ2) is 39.0. The summed E-state index contributed by atoms with van der Waals surface area (Å²) in [5.41, 5.74) is 5.14. The van der Waals surface area contributed by atoms with Crippen molar-refractivity contribution >= 4 is 75.7 Å². The van der Waals surface area contributed by atoms with Gasteiger partial charge in [0.05, 0.1) is 75.0 Å². The van der Waals surface area contributed by atoms with Crippen LogP contribution in [0.1, 0.15) is 26.7 Å². The molecule has 0 spiro atoms. The van der Waals surface area contributed by atoms with Gasteiger partial charge < -0.3 is 14.5 Å². The Labute approximate surface area is 462 Å². The first-order valence-electron chi connectivity index (χ1n) is 25.3. The van der Waals surface area contributed by atoms with Crippen LogP contribution in [0.25, 0.3) is 0 Å². The molecule has 8 aromatic rings. The maximum atomic E-state index is 6.00. The van der Waals surface area contributed by atoms with Gasteiger partial charge in [0.15, 0.2) is 0 Å². The van der Waals surface area contributed by atoms with Gasteiger partial charge in [0.25, 0.3) is 0 Å². The molecule has 382 valence electrons. The second-order valence-electron chi connectivity index (χ2n) is 17.3. The summed E-state index contributed by atoms with van der Waals surface area (Å²) in [6, 6.07) is 86.8. The number of para-hydroxylation sites is 4. The van der Waals surface area contributed by atoms with E-state index < -0.39 is 23.8 Å². The summed E-state index contributed by atoms with van der Waals surface area (Å²) < 4.78 is 4.94. The first-order valence-corrected chi connectivity index (χ1v) is 33.6. The van der Waals surface area contributed by atoms with Gasteiger partial charge in [-0.1, -0.05) is 146 Å². The van der Waals surface area contributed by atoms with E-state index in [2.05, 4.69) is 280 Å². The molecule has 0 N–H and O–H groups in total. The van der Waals surface area contributed by atoms with Gasteiger partial charge >= 0.3 is 0 Å². The van der Waals surface area contributed by atoms with E-state index in [-0.39, 0.29) is 29.0 Å². The van der Waals surface area contributed by atoms with E-state index >= 15 is 0 Å². The van der Waals surface area contributed by atoms with Gasteiger partial charge in [-0.3, -0.25) is 0 Å². The van der Waals surface area contributed by atoms with Gasteiger partial charge in [0.1, 0.15) is 12.6 Å². The molecule has 9 rings (SSSR count). The van der Waals surface area contributed by atoms with Crippen molar-refractivity contribution < 1.29 is 25.8 Å². The largest absolute Gasteiger partial charge is 0.381 e.